The molecule has 0 N–H and O–H groups in total. The maximum Gasteiger partial charge on any atom is 0.307 e. The van der Waals surface area contributed by atoms with E-state index in [0.717, 1.165) is 19.3 Å². The summed E-state index contributed by atoms with van der Waals surface area (Å²) < 4.78 is 127. The Hall–Kier alpha value is -5.14. The first-order valence-corrected chi connectivity index (χ1v) is 37.6. The van der Waals surface area contributed by atoms with Crippen LogP contribution in [-0.4, -0.2) is 296 Å². The molecule has 0 spiro atoms. The number of carbonyl (C=O) groups is 10. The average Bonchev–Trinajstić information content (AvgIpc) is 0.873. The molecule has 624 valence electrons. The summed E-state index contributed by atoms with van der Waals surface area (Å²) in [6.45, 7) is 10.4. The van der Waals surface area contributed by atoms with Gasteiger partial charge in [0.15, 0.2) is 0 Å². The molecule has 3 unspecified atom stereocenters. The predicted molar refractivity (Wildman–Crippen MR) is 385 cm³/mol. The van der Waals surface area contributed by atoms with Gasteiger partial charge in [-0.25, -0.2) is 0 Å². The fraction of sp³-hybridized carbons (Fsp3) is 0.867. The van der Waals surface area contributed by atoms with Crippen molar-refractivity contribution in [1.29, 1.82) is 0 Å². The molecule has 0 aliphatic carbocycles. The van der Waals surface area contributed by atoms with E-state index in [1.807, 2.05) is 41.5 Å². The third-order valence-electron chi connectivity index (χ3n) is 15.9. The lowest BCUT2D eigenvalue weighted by Crippen LogP contribution is -2.46. The van der Waals surface area contributed by atoms with Crippen molar-refractivity contribution in [1.82, 2.24) is 0 Å². The Balaban J connectivity index is 7.89. The summed E-state index contributed by atoms with van der Waals surface area (Å²) in [5.74, 6) is -6.37. The van der Waals surface area contributed by atoms with Gasteiger partial charge in [0, 0.05) is 77.8 Å². The standard InChI is InChI=1S/C75H132O32/c1-13-19-36-106-75(105-35-18-6,107-37-20-21-65(80)86-7)50-64(79)25-41-98-54-71(51-95-38-22-61(76)47-72(102-34-17-5,55-92-31-14-2)56-93-32-15-3,52-96-39-23-62(77)48-73(57-94-33-16-4,103-45-29-69(84)90-11)58-99-42-26-66(81)87-8)53-97-40-24-63(78)49-74(104-46-30-70(85)91-12,59-100-43-27-67(82)88-9)60-101-44-28-68(83)89-10/h13-60H2,1-12H3. The second-order valence-electron chi connectivity index (χ2n) is 25.9. The molecule has 0 saturated carbocycles. The second-order valence-corrected chi connectivity index (χ2v) is 25.9. The first kappa shape index (κ1) is 102. The van der Waals surface area contributed by atoms with E-state index in [9.17, 15) is 47.9 Å². The molecule has 0 radical (unpaired) electrons. The summed E-state index contributed by atoms with van der Waals surface area (Å²) in [4.78, 5) is 130. The molecule has 0 aromatic rings. The molecule has 0 heterocycles. The number of ether oxygens (including phenoxy) is 22. The summed E-state index contributed by atoms with van der Waals surface area (Å²) >= 11 is 0. The normalized spacial score (nSPS) is 13.4. The molecule has 0 aromatic heterocycles. The average molecular weight is 1550 g/mol. The Labute approximate surface area is 634 Å². The molecule has 0 aliphatic rings. The molecule has 32 heteroatoms. The summed E-state index contributed by atoms with van der Waals surface area (Å²) in [6, 6.07) is 0. The number of esters is 6. The summed E-state index contributed by atoms with van der Waals surface area (Å²) in [5.41, 5.74) is -5.43. The first-order valence-electron chi connectivity index (χ1n) is 37.6. The minimum atomic E-state index is -1.78. The quantitative estimate of drug-likeness (QED) is 0.0253. The number of rotatable bonds is 78. The Morgan fingerprint density at radius 2 is 0.449 bits per heavy atom. The largest absolute Gasteiger partial charge is 0.469 e. The van der Waals surface area contributed by atoms with E-state index in [2.05, 4.69) is 0 Å². The van der Waals surface area contributed by atoms with Gasteiger partial charge in [-0.3, -0.25) is 47.9 Å². The van der Waals surface area contributed by atoms with Crippen LogP contribution in [0.4, 0.5) is 0 Å². The zero-order chi connectivity index (χ0) is 79.8. The van der Waals surface area contributed by atoms with Crippen molar-refractivity contribution in [3.05, 3.63) is 0 Å². The van der Waals surface area contributed by atoms with Gasteiger partial charge in [0.1, 0.15) is 39.9 Å². The number of hydrogen-bond donors (Lipinski definition) is 0. The fourth-order valence-corrected chi connectivity index (χ4v) is 10.1. The number of hydrogen-bond acceptors (Lipinski definition) is 32. The number of carbonyl (C=O) groups excluding carboxylic acids is 10. The minimum absolute atomic E-state index is 0.00571. The molecule has 0 rings (SSSR count). The van der Waals surface area contributed by atoms with Crippen LogP contribution in [0.15, 0.2) is 0 Å². The molecule has 3 atom stereocenters. The SMILES string of the molecule is CCCCOC(CC(=O)CCOCC(COCCC(=O)CC(COCCC)(COCCC)OCCC)(COCCC(=O)CC(COCCC)(COCCC(=O)OC)OCCC(=O)OC)COCCC(=O)CC(COCCC(=O)OC)(COCCC(=O)OC)OCCC(=O)OC)(OCCC)OCCCC(=O)OC. The van der Waals surface area contributed by atoms with Gasteiger partial charge in [-0.1, -0.05) is 48.0 Å². The van der Waals surface area contributed by atoms with Crippen LogP contribution < -0.4 is 0 Å². The topological polar surface area (TPSA) is 374 Å². The number of ketones is 4. The van der Waals surface area contributed by atoms with Gasteiger partial charge < -0.3 is 104 Å². The lowest BCUT2D eigenvalue weighted by molar-refractivity contribution is -0.379. The van der Waals surface area contributed by atoms with E-state index in [1.54, 1.807) is 0 Å². The van der Waals surface area contributed by atoms with Crippen LogP contribution in [-0.2, 0) is 152 Å². The summed E-state index contributed by atoms with van der Waals surface area (Å²) in [5, 5.41) is 0. The Kier molecular flexibility index (Phi) is 61.4. The molecule has 107 heavy (non-hydrogen) atoms. The molecular formula is C75H132O32. The zero-order valence-corrected chi connectivity index (χ0v) is 66.5. The minimum Gasteiger partial charge on any atom is -0.469 e. The third kappa shape index (κ3) is 51.1. The molecule has 0 aliphatic heterocycles. The van der Waals surface area contributed by atoms with Gasteiger partial charge in [0.05, 0.1) is 232 Å². The highest BCUT2D eigenvalue weighted by molar-refractivity contribution is 5.81. The van der Waals surface area contributed by atoms with Gasteiger partial charge >= 0.3 is 35.8 Å². The molecule has 0 fully saturated rings. The predicted octanol–water partition coefficient (Wildman–Crippen LogP) is 7.12. The Morgan fingerprint density at radius 3 is 0.748 bits per heavy atom. The lowest BCUT2D eigenvalue weighted by Gasteiger charge is -2.34. The molecule has 0 bridgehead atoms. The molecule has 0 saturated heterocycles. The van der Waals surface area contributed by atoms with Crippen molar-refractivity contribution in [3.8, 4) is 0 Å². The van der Waals surface area contributed by atoms with Crippen LogP contribution in [0.3, 0.4) is 0 Å². The van der Waals surface area contributed by atoms with E-state index in [-0.39, 0.29) is 259 Å². The Morgan fingerprint density at radius 1 is 0.215 bits per heavy atom. The maximum absolute atomic E-state index is 14.4. The maximum atomic E-state index is 14.4. The van der Waals surface area contributed by atoms with Crippen molar-refractivity contribution in [2.75, 3.05) is 214 Å². The van der Waals surface area contributed by atoms with Crippen LogP contribution in [0, 0.1) is 5.41 Å². The van der Waals surface area contributed by atoms with Crippen LogP contribution in [0.2, 0.25) is 0 Å². The summed E-state index contributed by atoms with van der Waals surface area (Å²) in [7, 11) is 7.42. The van der Waals surface area contributed by atoms with E-state index in [0.29, 0.717) is 52.1 Å². The lowest BCUT2D eigenvalue weighted by atomic mass is 9.91. The van der Waals surface area contributed by atoms with Crippen molar-refractivity contribution in [3.63, 3.8) is 0 Å². The van der Waals surface area contributed by atoms with Crippen LogP contribution in [0.5, 0.6) is 0 Å². The number of Topliss-reactive ketones (excluding diaryl/α,β-unsaturated/α-hetero) is 4. The highest BCUT2D eigenvalue weighted by Gasteiger charge is 2.41. The van der Waals surface area contributed by atoms with Gasteiger partial charge in [-0.15, -0.1) is 0 Å². The van der Waals surface area contributed by atoms with E-state index in [4.69, 9.17) is 104 Å². The molecule has 32 nitrogen and oxygen atoms in total. The van der Waals surface area contributed by atoms with Gasteiger partial charge in [-0.05, 0) is 44.9 Å². The smallest absolute Gasteiger partial charge is 0.307 e. The molecule has 0 amide bonds. The van der Waals surface area contributed by atoms with Crippen LogP contribution >= 0.6 is 0 Å². The van der Waals surface area contributed by atoms with E-state index in [1.165, 1.54) is 42.7 Å². The van der Waals surface area contributed by atoms with Crippen molar-refractivity contribution in [2.45, 2.75) is 206 Å². The van der Waals surface area contributed by atoms with E-state index >= 15 is 0 Å². The fourth-order valence-electron chi connectivity index (χ4n) is 10.1. The second kappa shape index (κ2) is 64.5. The van der Waals surface area contributed by atoms with Gasteiger partial charge in [0.25, 0.3) is 5.97 Å². The van der Waals surface area contributed by atoms with Crippen molar-refractivity contribution in [2.24, 2.45) is 5.41 Å². The molecule has 0 aromatic carbocycles. The van der Waals surface area contributed by atoms with Gasteiger partial charge in [0.2, 0.25) is 0 Å². The van der Waals surface area contributed by atoms with Crippen LogP contribution in [0.1, 0.15) is 183 Å². The third-order valence-corrected chi connectivity index (χ3v) is 15.9. The van der Waals surface area contributed by atoms with Crippen LogP contribution in [0.25, 0.3) is 0 Å². The zero-order valence-electron chi connectivity index (χ0n) is 66.5. The van der Waals surface area contributed by atoms with E-state index < -0.39 is 69.8 Å². The number of methoxy groups -OCH3 is 6. The highest BCUT2D eigenvalue weighted by Crippen LogP contribution is 2.28. The Bertz CT molecular complexity index is 2360. The monoisotopic (exact) mass is 1540 g/mol. The van der Waals surface area contributed by atoms with Gasteiger partial charge in [-0.2, -0.15) is 0 Å². The number of unbranched alkanes of at least 4 members (excludes halogenated alkanes) is 1. The summed E-state index contributed by atoms with van der Waals surface area (Å²) in [6.07, 6.45) is 2.58. The van der Waals surface area contributed by atoms with Crippen molar-refractivity contribution >= 4 is 58.9 Å². The highest BCUT2D eigenvalue weighted by atomic mass is 16.9. The first-order chi connectivity index (χ1) is 51.5. The van der Waals surface area contributed by atoms with Crippen molar-refractivity contribution < 1.29 is 152 Å². The molecular weight excluding hydrogens is 1410 g/mol.